The lowest BCUT2D eigenvalue weighted by atomic mass is 10.1. The highest BCUT2D eigenvalue weighted by atomic mass is 79.9. The molecule has 1 N–H and O–H groups in total. The second-order valence-electron chi connectivity index (χ2n) is 4.13. The highest BCUT2D eigenvalue weighted by Gasteiger charge is 2.20. The molecule has 1 atom stereocenters. The second kappa shape index (κ2) is 7.00. The molecule has 4 nitrogen and oxygen atoms in total. The Hall–Kier alpha value is -0.760. The molecule has 0 aliphatic carbocycles. The zero-order valence-corrected chi connectivity index (χ0v) is 15.6. The van der Waals surface area contributed by atoms with Crippen molar-refractivity contribution in [1.29, 1.82) is 0 Å². The largest absolute Gasteiger partial charge is 0.493 e. The molecule has 0 radical (unpaired) electrons. The Bertz CT molecular complexity index is 597. The van der Waals surface area contributed by atoms with Crippen LogP contribution in [0.4, 0.5) is 0 Å². The highest BCUT2D eigenvalue weighted by molar-refractivity contribution is 9.13. The van der Waals surface area contributed by atoms with E-state index in [2.05, 4.69) is 31.9 Å². The van der Waals surface area contributed by atoms with Crippen molar-refractivity contribution in [2.24, 2.45) is 0 Å². The van der Waals surface area contributed by atoms with E-state index in [0.29, 0.717) is 22.8 Å². The van der Waals surface area contributed by atoms with Crippen LogP contribution in [0.25, 0.3) is 0 Å². The van der Waals surface area contributed by atoms with Crippen LogP contribution in [0.15, 0.2) is 26.5 Å². The van der Waals surface area contributed by atoms with E-state index in [1.807, 2.05) is 6.07 Å². The lowest BCUT2D eigenvalue weighted by Gasteiger charge is -2.16. The lowest BCUT2D eigenvalue weighted by Crippen LogP contribution is -2.01. The Balaban J connectivity index is 2.48. The van der Waals surface area contributed by atoms with E-state index >= 15 is 0 Å². The first-order valence-corrected chi connectivity index (χ1v) is 8.34. The van der Waals surface area contributed by atoms with Gasteiger partial charge in [-0.05, 0) is 55.6 Å². The van der Waals surface area contributed by atoms with E-state index in [1.165, 1.54) is 11.3 Å². The maximum atomic E-state index is 10.5. The number of ether oxygens (including phenoxy) is 3. The minimum Gasteiger partial charge on any atom is -0.493 e. The van der Waals surface area contributed by atoms with E-state index < -0.39 is 6.10 Å². The first kappa shape index (κ1) is 16.6. The van der Waals surface area contributed by atoms with Crippen LogP contribution >= 0.6 is 43.2 Å². The van der Waals surface area contributed by atoms with Crippen LogP contribution in [0, 0.1) is 0 Å². The minimum absolute atomic E-state index is 0.504. The van der Waals surface area contributed by atoms with Crippen LogP contribution in [0.5, 0.6) is 17.2 Å². The van der Waals surface area contributed by atoms with Gasteiger partial charge in [0.1, 0.15) is 6.10 Å². The predicted octanol–water partition coefficient (Wildman–Crippen LogP) is 4.38. The molecule has 1 aromatic carbocycles. The Kier molecular flexibility index (Phi) is 5.54. The van der Waals surface area contributed by atoms with Crippen molar-refractivity contribution in [2.75, 3.05) is 21.3 Å². The van der Waals surface area contributed by atoms with Crippen LogP contribution in [0.1, 0.15) is 16.5 Å². The smallest absolute Gasteiger partial charge is 0.203 e. The van der Waals surface area contributed by atoms with Gasteiger partial charge in [0.25, 0.3) is 0 Å². The van der Waals surface area contributed by atoms with Gasteiger partial charge in [0, 0.05) is 9.35 Å². The minimum atomic E-state index is -0.772. The molecule has 0 amide bonds. The first-order valence-electron chi connectivity index (χ1n) is 5.94. The lowest BCUT2D eigenvalue weighted by molar-refractivity contribution is 0.222. The van der Waals surface area contributed by atoms with Crippen molar-refractivity contribution in [3.63, 3.8) is 0 Å². The van der Waals surface area contributed by atoms with Crippen LogP contribution in [-0.2, 0) is 0 Å². The van der Waals surface area contributed by atoms with Crippen molar-refractivity contribution in [3.8, 4) is 17.2 Å². The molecule has 1 heterocycles. The summed E-state index contributed by atoms with van der Waals surface area (Å²) >= 11 is 8.31. The van der Waals surface area contributed by atoms with Gasteiger partial charge in [-0.15, -0.1) is 11.3 Å². The van der Waals surface area contributed by atoms with Gasteiger partial charge in [-0.25, -0.2) is 0 Å². The molecule has 2 rings (SSSR count). The van der Waals surface area contributed by atoms with E-state index in [0.717, 1.165) is 13.1 Å². The summed E-state index contributed by atoms with van der Waals surface area (Å²) in [5.41, 5.74) is 0.672. The summed E-state index contributed by atoms with van der Waals surface area (Å²) in [6, 6.07) is 5.36. The fourth-order valence-corrected chi connectivity index (χ4v) is 4.03. The molecule has 0 aliphatic rings. The number of aliphatic hydroxyl groups excluding tert-OH is 1. The third-order valence-electron chi connectivity index (χ3n) is 2.94. The number of hydrogen-bond acceptors (Lipinski definition) is 5. The molecule has 0 aliphatic heterocycles. The summed E-state index contributed by atoms with van der Waals surface area (Å²) in [5, 5.41) is 10.5. The third-order valence-corrected chi connectivity index (χ3v) is 6.25. The van der Waals surface area contributed by atoms with Gasteiger partial charge in [-0.3, -0.25) is 0 Å². The average molecular weight is 438 g/mol. The Morgan fingerprint density at radius 3 is 1.95 bits per heavy atom. The van der Waals surface area contributed by atoms with Crippen molar-refractivity contribution < 1.29 is 19.3 Å². The molecule has 21 heavy (non-hydrogen) atoms. The molecule has 0 bridgehead atoms. The van der Waals surface area contributed by atoms with Gasteiger partial charge >= 0.3 is 0 Å². The first-order chi connectivity index (χ1) is 10.0. The van der Waals surface area contributed by atoms with Gasteiger partial charge in [0.2, 0.25) is 5.75 Å². The van der Waals surface area contributed by atoms with Crippen LogP contribution in [0.2, 0.25) is 0 Å². The van der Waals surface area contributed by atoms with Gasteiger partial charge < -0.3 is 19.3 Å². The number of methoxy groups -OCH3 is 3. The highest BCUT2D eigenvalue weighted by Crippen LogP contribution is 2.43. The van der Waals surface area contributed by atoms with Crippen molar-refractivity contribution >= 4 is 43.2 Å². The molecule has 0 saturated carbocycles. The number of rotatable bonds is 5. The summed E-state index contributed by atoms with van der Waals surface area (Å²) in [6.07, 6.45) is -0.772. The van der Waals surface area contributed by atoms with E-state index in [1.54, 1.807) is 33.5 Å². The number of hydrogen-bond donors (Lipinski definition) is 1. The van der Waals surface area contributed by atoms with E-state index in [-0.39, 0.29) is 0 Å². The number of halogens is 2. The van der Waals surface area contributed by atoms with Gasteiger partial charge in [-0.1, -0.05) is 0 Å². The monoisotopic (exact) mass is 436 g/mol. The third kappa shape index (κ3) is 3.36. The second-order valence-corrected chi connectivity index (χ2v) is 7.39. The van der Waals surface area contributed by atoms with E-state index in [4.69, 9.17) is 14.2 Å². The normalized spacial score (nSPS) is 12.1. The maximum absolute atomic E-state index is 10.5. The van der Waals surface area contributed by atoms with Gasteiger partial charge in [0.15, 0.2) is 11.5 Å². The number of benzene rings is 1. The molecule has 1 aromatic heterocycles. The summed E-state index contributed by atoms with van der Waals surface area (Å²) in [7, 11) is 4.64. The molecule has 0 saturated heterocycles. The zero-order chi connectivity index (χ0) is 15.6. The van der Waals surface area contributed by atoms with Crippen molar-refractivity contribution in [2.45, 2.75) is 6.10 Å². The number of aliphatic hydroxyl groups is 1. The molecule has 0 spiro atoms. The fourth-order valence-electron chi connectivity index (χ4n) is 1.92. The fraction of sp³-hybridized carbons (Fsp3) is 0.286. The predicted molar refractivity (Wildman–Crippen MR) is 89.9 cm³/mol. The van der Waals surface area contributed by atoms with Crippen molar-refractivity contribution in [3.05, 3.63) is 36.9 Å². The van der Waals surface area contributed by atoms with Crippen LogP contribution < -0.4 is 14.2 Å². The zero-order valence-electron chi connectivity index (χ0n) is 11.6. The summed E-state index contributed by atoms with van der Waals surface area (Å²) < 4.78 is 17.7. The van der Waals surface area contributed by atoms with Crippen LogP contribution in [0.3, 0.4) is 0 Å². The average Bonchev–Trinajstić information content (AvgIpc) is 2.84. The topological polar surface area (TPSA) is 47.9 Å². The Morgan fingerprint density at radius 2 is 1.57 bits per heavy atom. The molecule has 1 unspecified atom stereocenters. The van der Waals surface area contributed by atoms with Gasteiger partial charge in [0.05, 0.1) is 25.1 Å². The molecular formula is C14H14Br2O4S. The summed E-state index contributed by atoms with van der Waals surface area (Å²) in [4.78, 5) is 0.808. The number of thiophene rings is 1. The molecule has 0 fully saturated rings. The Morgan fingerprint density at radius 1 is 1.00 bits per heavy atom. The quantitative estimate of drug-likeness (QED) is 0.753. The molecular weight excluding hydrogens is 424 g/mol. The standard InChI is InChI=1S/C14H14Br2O4S/c1-18-9-4-7(5-10(19-2)13(9)20-3)12(17)11-6-8(15)14(16)21-11/h4-6,12,17H,1-3H3. The van der Waals surface area contributed by atoms with Crippen LogP contribution in [-0.4, -0.2) is 26.4 Å². The summed E-state index contributed by atoms with van der Waals surface area (Å²) in [6.45, 7) is 0. The summed E-state index contributed by atoms with van der Waals surface area (Å²) in [5.74, 6) is 1.53. The molecule has 7 heteroatoms. The maximum Gasteiger partial charge on any atom is 0.203 e. The van der Waals surface area contributed by atoms with Crippen molar-refractivity contribution in [1.82, 2.24) is 0 Å². The molecule has 2 aromatic rings. The van der Waals surface area contributed by atoms with Gasteiger partial charge in [-0.2, -0.15) is 0 Å². The molecule has 114 valence electrons. The van der Waals surface area contributed by atoms with E-state index in [9.17, 15) is 5.11 Å². The SMILES string of the molecule is COc1cc(C(O)c2cc(Br)c(Br)s2)cc(OC)c1OC. The Labute approximate surface area is 143 Å².